The van der Waals surface area contributed by atoms with Crippen LogP contribution in [0.15, 0.2) is 185 Å². The Morgan fingerprint density at radius 3 is 1.59 bits per heavy atom. The van der Waals surface area contributed by atoms with Crippen LogP contribution in [0.2, 0.25) is 0 Å². The molecular formula is C51H29N3O2. The monoisotopic (exact) mass is 720 g/mol. The molecule has 0 aliphatic rings. The molecule has 0 atom stereocenters. The Morgan fingerprint density at radius 1 is 0.339 bits per heavy atom. The number of para-hydroxylation sites is 3. The lowest BCUT2D eigenvalue weighted by atomic mass is 9.92. The molecule has 260 valence electrons. The summed E-state index contributed by atoms with van der Waals surface area (Å²) in [5.41, 5.74) is 5.57. The molecule has 12 rings (SSSR count). The fraction of sp³-hybridized carbons (Fsp3) is 0. The van der Waals surface area contributed by atoms with Gasteiger partial charge in [0.2, 0.25) is 0 Å². The van der Waals surface area contributed by atoms with Gasteiger partial charge in [0, 0.05) is 38.2 Å². The molecule has 0 unspecified atom stereocenters. The van der Waals surface area contributed by atoms with Gasteiger partial charge in [-0.25, -0.2) is 15.0 Å². The van der Waals surface area contributed by atoms with Crippen molar-refractivity contribution < 1.29 is 15.7 Å². The Balaban J connectivity index is 1.08. The van der Waals surface area contributed by atoms with Crippen molar-refractivity contribution in [3.63, 3.8) is 0 Å². The van der Waals surface area contributed by atoms with Crippen LogP contribution in [0, 0.1) is 0 Å². The average Bonchev–Trinajstić information content (AvgIpc) is 3.88. The summed E-state index contributed by atoms with van der Waals surface area (Å²) in [6, 6.07) is 46.8. The van der Waals surface area contributed by atoms with E-state index in [-0.39, 0.29) is 23.0 Å². The molecule has 5 nitrogen and oxygen atoms in total. The minimum absolute atomic E-state index is 0.0635. The van der Waals surface area contributed by atoms with Crippen LogP contribution in [0.25, 0.3) is 121 Å². The van der Waals surface area contributed by atoms with Crippen molar-refractivity contribution in [3.05, 3.63) is 176 Å². The molecule has 3 heterocycles. The highest BCUT2D eigenvalue weighted by molar-refractivity contribution is 6.26. The number of fused-ring (bicyclic) bond motifs is 12. The fourth-order valence-corrected chi connectivity index (χ4v) is 8.26. The summed E-state index contributed by atoms with van der Waals surface area (Å²) in [5, 5.41) is 10.8. The average molecular weight is 721 g/mol. The smallest absolute Gasteiger partial charge is 0.167 e. The first-order valence-corrected chi connectivity index (χ1v) is 18.4. The molecule has 12 aromatic rings. The molecule has 0 saturated heterocycles. The van der Waals surface area contributed by atoms with Crippen LogP contribution in [-0.4, -0.2) is 15.0 Å². The molecule has 5 heteroatoms. The Hall–Kier alpha value is -7.63. The van der Waals surface area contributed by atoms with E-state index in [1.165, 1.54) is 26.9 Å². The Bertz CT molecular complexity index is 3790. The molecule has 0 bridgehead atoms. The largest absolute Gasteiger partial charge is 0.456 e. The fourth-order valence-electron chi connectivity index (χ4n) is 8.26. The zero-order valence-corrected chi connectivity index (χ0v) is 29.5. The van der Waals surface area contributed by atoms with Crippen LogP contribution in [0.4, 0.5) is 0 Å². The molecule has 9 aromatic carbocycles. The first-order valence-electron chi connectivity index (χ1n) is 20.9. The summed E-state index contributed by atoms with van der Waals surface area (Å²) in [6.45, 7) is 0. The van der Waals surface area contributed by atoms with Gasteiger partial charge in [-0.2, -0.15) is 0 Å². The summed E-state index contributed by atoms with van der Waals surface area (Å²) in [4.78, 5) is 14.6. The number of rotatable bonds is 4. The van der Waals surface area contributed by atoms with Gasteiger partial charge in [-0.1, -0.05) is 145 Å². The maximum Gasteiger partial charge on any atom is 0.167 e. The standard InChI is InChI=1S/C51H29N3O2/c1-2-12-30(13-3-1)49-52-50(32-25-27-40-39-18-8-9-23-45(39)55-46(40)29-32)54-51(53-49)43-22-11-21-42-41-20-10-19-33(47(41)56-48(42)43)31-24-26-38-36-16-5-4-14-34(36)35-15-6-7-17-37(35)44(38)28-31/h1-29H/i1D,2D,3D,12D,13D. The minimum atomic E-state index is -0.501. The molecule has 0 saturated carbocycles. The highest BCUT2D eigenvalue weighted by Crippen LogP contribution is 2.42. The van der Waals surface area contributed by atoms with E-state index in [0.717, 1.165) is 43.6 Å². The quantitative estimate of drug-likeness (QED) is 0.169. The lowest BCUT2D eigenvalue weighted by Gasteiger charge is -2.12. The van der Waals surface area contributed by atoms with E-state index >= 15 is 0 Å². The number of aromatic nitrogens is 3. The Kier molecular flexibility index (Phi) is 5.58. The molecule has 0 N–H and O–H groups in total. The summed E-state index contributed by atoms with van der Waals surface area (Å²) >= 11 is 0. The zero-order valence-electron chi connectivity index (χ0n) is 34.5. The first kappa shape index (κ1) is 26.2. The summed E-state index contributed by atoms with van der Waals surface area (Å²) < 4.78 is 55.9. The molecule has 0 aliphatic carbocycles. The Morgan fingerprint density at radius 2 is 0.857 bits per heavy atom. The SMILES string of the molecule is [2H]c1c([2H])c([2H])c(-c2nc(-c3ccc4c(c3)oc3ccccc34)nc(-c3cccc4c3oc3c(-c5ccc6c7ccccc7c7ccccc7c6c5)cccc34)n2)c([2H])c1[2H]. The maximum atomic E-state index is 8.83. The number of hydrogen-bond donors (Lipinski definition) is 0. The van der Waals surface area contributed by atoms with Crippen molar-refractivity contribution >= 4 is 76.2 Å². The minimum Gasteiger partial charge on any atom is -0.456 e. The molecule has 0 aliphatic heterocycles. The van der Waals surface area contributed by atoms with Crippen LogP contribution in [0.1, 0.15) is 6.85 Å². The third-order valence-corrected chi connectivity index (χ3v) is 10.8. The third-order valence-electron chi connectivity index (χ3n) is 10.8. The predicted octanol–water partition coefficient (Wildman–Crippen LogP) is 13.8. The van der Waals surface area contributed by atoms with E-state index < -0.39 is 30.2 Å². The van der Waals surface area contributed by atoms with E-state index in [1.807, 2.05) is 72.8 Å². The molecule has 3 aromatic heterocycles. The van der Waals surface area contributed by atoms with Crippen molar-refractivity contribution in [2.24, 2.45) is 0 Å². The lowest BCUT2D eigenvalue weighted by molar-refractivity contribution is 0.669. The van der Waals surface area contributed by atoms with Gasteiger partial charge in [-0.3, -0.25) is 0 Å². The summed E-state index contributed by atoms with van der Waals surface area (Å²) in [6.07, 6.45) is 0. The number of nitrogens with zero attached hydrogens (tertiary/aromatic N) is 3. The van der Waals surface area contributed by atoms with Crippen molar-refractivity contribution in [2.45, 2.75) is 0 Å². The van der Waals surface area contributed by atoms with E-state index in [2.05, 4.69) is 72.8 Å². The van der Waals surface area contributed by atoms with Crippen LogP contribution < -0.4 is 0 Å². The number of hydrogen-bond acceptors (Lipinski definition) is 5. The molecule has 0 spiro atoms. The van der Waals surface area contributed by atoms with E-state index in [4.69, 9.17) is 30.6 Å². The van der Waals surface area contributed by atoms with E-state index in [0.29, 0.717) is 27.9 Å². The Labute approximate surface area is 327 Å². The van der Waals surface area contributed by atoms with Crippen LogP contribution in [-0.2, 0) is 0 Å². The normalized spacial score (nSPS) is 13.2. The van der Waals surface area contributed by atoms with Gasteiger partial charge in [0.15, 0.2) is 17.5 Å². The van der Waals surface area contributed by atoms with Gasteiger partial charge in [0.25, 0.3) is 0 Å². The molecule has 0 radical (unpaired) electrons. The van der Waals surface area contributed by atoms with Crippen LogP contribution >= 0.6 is 0 Å². The highest BCUT2D eigenvalue weighted by Gasteiger charge is 2.20. The molecular weight excluding hydrogens is 687 g/mol. The van der Waals surface area contributed by atoms with Gasteiger partial charge in [-0.05, 0) is 68.2 Å². The van der Waals surface area contributed by atoms with Gasteiger partial charge >= 0.3 is 0 Å². The van der Waals surface area contributed by atoms with Crippen LogP contribution in [0.5, 0.6) is 0 Å². The first-order chi connectivity index (χ1) is 29.8. The van der Waals surface area contributed by atoms with Crippen molar-refractivity contribution in [3.8, 4) is 45.3 Å². The summed E-state index contributed by atoms with van der Waals surface area (Å²) in [7, 11) is 0. The van der Waals surface area contributed by atoms with Crippen molar-refractivity contribution in [1.82, 2.24) is 15.0 Å². The second kappa shape index (κ2) is 11.9. The third kappa shape index (κ3) is 4.64. The van der Waals surface area contributed by atoms with Gasteiger partial charge in [0.05, 0.1) is 12.4 Å². The van der Waals surface area contributed by atoms with Gasteiger partial charge in [-0.15, -0.1) is 0 Å². The highest BCUT2D eigenvalue weighted by atomic mass is 16.3. The van der Waals surface area contributed by atoms with Crippen LogP contribution in [0.3, 0.4) is 0 Å². The van der Waals surface area contributed by atoms with E-state index in [1.54, 1.807) is 0 Å². The van der Waals surface area contributed by atoms with Gasteiger partial charge < -0.3 is 8.83 Å². The zero-order chi connectivity index (χ0) is 41.1. The topological polar surface area (TPSA) is 65.0 Å². The lowest BCUT2D eigenvalue weighted by Crippen LogP contribution is -2.00. The second-order valence-corrected chi connectivity index (χ2v) is 13.9. The van der Waals surface area contributed by atoms with Gasteiger partial charge in [0.1, 0.15) is 22.3 Å². The van der Waals surface area contributed by atoms with E-state index in [9.17, 15) is 0 Å². The molecule has 0 fully saturated rings. The number of benzene rings is 9. The molecule has 0 amide bonds. The second-order valence-electron chi connectivity index (χ2n) is 13.9. The number of furan rings is 2. The van der Waals surface area contributed by atoms with Crippen molar-refractivity contribution in [1.29, 1.82) is 0 Å². The summed E-state index contributed by atoms with van der Waals surface area (Å²) in [5.74, 6) is 0.386. The molecule has 56 heavy (non-hydrogen) atoms. The van der Waals surface area contributed by atoms with Crippen molar-refractivity contribution in [2.75, 3.05) is 0 Å². The predicted molar refractivity (Wildman–Crippen MR) is 229 cm³/mol. The maximum absolute atomic E-state index is 8.83.